The Balaban J connectivity index is 1.50. The summed E-state index contributed by atoms with van der Waals surface area (Å²) < 4.78 is 12.3. The minimum Gasteiger partial charge on any atom is -0.493 e. The molecule has 3 aromatic rings. The first-order chi connectivity index (χ1) is 13.2. The maximum atomic E-state index is 12.1. The molecular formula is C21H23N3O3. The van der Waals surface area contributed by atoms with Crippen molar-refractivity contribution in [2.75, 3.05) is 14.2 Å². The molecule has 0 spiro atoms. The van der Waals surface area contributed by atoms with E-state index in [4.69, 9.17) is 9.47 Å². The summed E-state index contributed by atoms with van der Waals surface area (Å²) in [5.74, 6) is 1.35. The Labute approximate surface area is 158 Å². The highest BCUT2D eigenvalue weighted by Gasteiger charge is 2.08. The third-order valence-corrected chi connectivity index (χ3v) is 4.24. The van der Waals surface area contributed by atoms with Crippen molar-refractivity contribution in [2.24, 2.45) is 0 Å². The van der Waals surface area contributed by atoms with Gasteiger partial charge in [-0.05, 0) is 36.2 Å². The van der Waals surface area contributed by atoms with Crippen LogP contribution in [0.5, 0.6) is 11.5 Å². The highest BCUT2D eigenvalue weighted by atomic mass is 16.5. The number of methoxy groups -OCH3 is 2. The summed E-state index contributed by atoms with van der Waals surface area (Å²) in [5, 5.41) is 7.27. The van der Waals surface area contributed by atoms with E-state index >= 15 is 0 Å². The lowest BCUT2D eigenvalue weighted by atomic mass is 10.1. The van der Waals surface area contributed by atoms with Gasteiger partial charge in [0.05, 0.1) is 26.1 Å². The number of carbonyl (C=O) groups excluding carboxylic acids is 1. The molecule has 140 valence electrons. The second kappa shape index (κ2) is 8.89. The van der Waals surface area contributed by atoms with Crippen LogP contribution in [-0.2, 0) is 17.8 Å². The molecule has 0 fully saturated rings. The molecule has 1 N–H and O–H groups in total. The van der Waals surface area contributed by atoms with Crippen LogP contribution in [-0.4, -0.2) is 29.9 Å². The summed E-state index contributed by atoms with van der Waals surface area (Å²) in [5.41, 5.74) is 2.97. The van der Waals surface area contributed by atoms with Crippen LogP contribution in [0.3, 0.4) is 0 Å². The molecule has 3 rings (SSSR count). The van der Waals surface area contributed by atoms with Gasteiger partial charge in [0.1, 0.15) is 0 Å². The van der Waals surface area contributed by atoms with Crippen LogP contribution >= 0.6 is 0 Å². The van der Waals surface area contributed by atoms with E-state index < -0.39 is 0 Å². The van der Waals surface area contributed by atoms with Crippen molar-refractivity contribution in [1.82, 2.24) is 15.1 Å². The number of carbonyl (C=O) groups is 1. The van der Waals surface area contributed by atoms with Gasteiger partial charge in [0.15, 0.2) is 11.5 Å². The van der Waals surface area contributed by atoms with E-state index in [-0.39, 0.29) is 5.91 Å². The van der Waals surface area contributed by atoms with Crippen LogP contribution in [0.2, 0.25) is 0 Å². The van der Waals surface area contributed by atoms with E-state index in [9.17, 15) is 4.79 Å². The zero-order valence-electron chi connectivity index (χ0n) is 15.5. The lowest BCUT2D eigenvalue weighted by molar-refractivity contribution is -0.121. The van der Waals surface area contributed by atoms with Gasteiger partial charge in [0, 0.05) is 24.7 Å². The summed E-state index contributed by atoms with van der Waals surface area (Å²) in [6.07, 6.45) is 4.73. The van der Waals surface area contributed by atoms with Crippen molar-refractivity contribution in [3.05, 3.63) is 72.1 Å². The third-order valence-electron chi connectivity index (χ3n) is 4.24. The smallest absolute Gasteiger partial charge is 0.220 e. The number of hydrogen-bond donors (Lipinski definition) is 1. The van der Waals surface area contributed by atoms with E-state index in [1.165, 1.54) is 0 Å². The summed E-state index contributed by atoms with van der Waals surface area (Å²) in [6, 6.07) is 15.6. The van der Waals surface area contributed by atoms with E-state index in [0.717, 1.165) is 16.8 Å². The van der Waals surface area contributed by atoms with E-state index in [1.807, 2.05) is 54.7 Å². The first-order valence-electron chi connectivity index (χ1n) is 8.76. The Morgan fingerprint density at radius 2 is 1.81 bits per heavy atom. The first kappa shape index (κ1) is 18.5. The Morgan fingerprint density at radius 1 is 1.04 bits per heavy atom. The normalized spacial score (nSPS) is 10.4. The fraction of sp³-hybridized carbons (Fsp3) is 0.238. The van der Waals surface area contributed by atoms with Crippen molar-refractivity contribution in [2.45, 2.75) is 19.4 Å². The van der Waals surface area contributed by atoms with Crippen molar-refractivity contribution in [3.63, 3.8) is 0 Å². The molecule has 0 aliphatic rings. The number of amides is 1. The van der Waals surface area contributed by atoms with Crippen molar-refractivity contribution < 1.29 is 14.3 Å². The molecule has 0 saturated carbocycles. The summed E-state index contributed by atoms with van der Waals surface area (Å²) in [4.78, 5) is 12.1. The number of nitrogens with zero attached hydrogens (tertiary/aromatic N) is 2. The predicted molar refractivity (Wildman–Crippen MR) is 103 cm³/mol. The number of aryl methyl sites for hydroxylation is 1. The van der Waals surface area contributed by atoms with Crippen molar-refractivity contribution >= 4 is 5.91 Å². The van der Waals surface area contributed by atoms with Crippen molar-refractivity contribution in [1.29, 1.82) is 0 Å². The lowest BCUT2D eigenvalue weighted by Crippen LogP contribution is -2.22. The molecule has 6 nitrogen and oxygen atoms in total. The molecule has 27 heavy (non-hydrogen) atoms. The van der Waals surface area contributed by atoms with Crippen LogP contribution < -0.4 is 14.8 Å². The molecule has 0 saturated heterocycles. The molecule has 2 aromatic carbocycles. The SMILES string of the molecule is COc1ccc(CCC(=O)NCc2cnn(-c3ccccc3)c2)cc1OC. The molecule has 0 aliphatic carbocycles. The third kappa shape index (κ3) is 4.88. The quantitative estimate of drug-likeness (QED) is 0.666. The Bertz CT molecular complexity index is 891. The lowest BCUT2D eigenvalue weighted by Gasteiger charge is -2.09. The average molecular weight is 365 g/mol. The number of para-hydroxylation sites is 1. The fourth-order valence-electron chi connectivity index (χ4n) is 2.76. The van der Waals surface area contributed by atoms with Crippen LogP contribution in [0.25, 0.3) is 5.69 Å². The number of nitrogens with one attached hydrogen (secondary N) is 1. The summed E-state index contributed by atoms with van der Waals surface area (Å²) in [6.45, 7) is 0.456. The molecule has 1 amide bonds. The summed E-state index contributed by atoms with van der Waals surface area (Å²) >= 11 is 0. The molecular weight excluding hydrogens is 342 g/mol. The zero-order chi connectivity index (χ0) is 19.1. The molecule has 0 atom stereocenters. The number of ether oxygens (including phenoxy) is 2. The maximum Gasteiger partial charge on any atom is 0.220 e. The van der Waals surface area contributed by atoms with E-state index in [2.05, 4.69) is 10.4 Å². The predicted octanol–water partition coefficient (Wildman–Crippen LogP) is 3.14. The standard InChI is InChI=1S/C21H23N3O3/c1-26-19-10-8-16(12-20(19)27-2)9-11-21(25)22-13-17-14-23-24(15-17)18-6-4-3-5-7-18/h3-8,10,12,14-15H,9,11,13H2,1-2H3,(H,22,25). The highest BCUT2D eigenvalue weighted by molar-refractivity contribution is 5.76. The zero-order valence-corrected chi connectivity index (χ0v) is 15.5. The Hall–Kier alpha value is -3.28. The van der Waals surface area contributed by atoms with Gasteiger partial charge in [-0.25, -0.2) is 4.68 Å². The van der Waals surface area contributed by atoms with E-state index in [0.29, 0.717) is 30.9 Å². The van der Waals surface area contributed by atoms with Gasteiger partial charge in [-0.2, -0.15) is 5.10 Å². The molecule has 1 aromatic heterocycles. The largest absolute Gasteiger partial charge is 0.493 e. The Morgan fingerprint density at radius 3 is 2.56 bits per heavy atom. The van der Waals surface area contributed by atoms with Gasteiger partial charge in [0.2, 0.25) is 5.91 Å². The summed E-state index contributed by atoms with van der Waals surface area (Å²) in [7, 11) is 3.20. The van der Waals surface area contributed by atoms with Crippen LogP contribution in [0, 0.1) is 0 Å². The fourth-order valence-corrected chi connectivity index (χ4v) is 2.76. The van der Waals surface area contributed by atoms with Gasteiger partial charge in [-0.3, -0.25) is 4.79 Å². The number of benzene rings is 2. The molecule has 0 radical (unpaired) electrons. The molecule has 0 unspecified atom stereocenters. The second-order valence-corrected chi connectivity index (χ2v) is 6.09. The minimum absolute atomic E-state index is 0.00255. The van der Waals surface area contributed by atoms with Gasteiger partial charge in [-0.1, -0.05) is 24.3 Å². The van der Waals surface area contributed by atoms with Crippen molar-refractivity contribution in [3.8, 4) is 17.2 Å². The van der Waals surface area contributed by atoms with Crippen LogP contribution in [0.1, 0.15) is 17.5 Å². The van der Waals surface area contributed by atoms with Gasteiger partial charge < -0.3 is 14.8 Å². The molecule has 6 heteroatoms. The van der Waals surface area contributed by atoms with Gasteiger partial charge in [-0.15, -0.1) is 0 Å². The average Bonchev–Trinajstić information content (AvgIpc) is 3.20. The van der Waals surface area contributed by atoms with Crippen LogP contribution in [0.4, 0.5) is 0 Å². The monoisotopic (exact) mass is 365 g/mol. The second-order valence-electron chi connectivity index (χ2n) is 6.09. The van der Waals surface area contributed by atoms with Crippen LogP contribution in [0.15, 0.2) is 60.9 Å². The topological polar surface area (TPSA) is 65.4 Å². The van der Waals surface area contributed by atoms with Gasteiger partial charge >= 0.3 is 0 Å². The van der Waals surface area contributed by atoms with E-state index in [1.54, 1.807) is 25.1 Å². The number of aromatic nitrogens is 2. The first-order valence-corrected chi connectivity index (χ1v) is 8.76. The number of hydrogen-bond acceptors (Lipinski definition) is 4. The minimum atomic E-state index is -0.00255. The molecule has 0 aliphatic heterocycles. The highest BCUT2D eigenvalue weighted by Crippen LogP contribution is 2.27. The maximum absolute atomic E-state index is 12.1. The molecule has 0 bridgehead atoms. The van der Waals surface area contributed by atoms with Gasteiger partial charge in [0.25, 0.3) is 0 Å². The Kier molecular flexibility index (Phi) is 6.10. The number of rotatable bonds is 8. The molecule has 1 heterocycles.